The molecule has 0 spiro atoms. The van der Waals surface area contributed by atoms with Crippen molar-refractivity contribution in [2.75, 3.05) is 46.9 Å². The van der Waals surface area contributed by atoms with Crippen LogP contribution in [0.3, 0.4) is 0 Å². The molecule has 3 aromatic carbocycles. The van der Waals surface area contributed by atoms with Gasteiger partial charge in [0.05, 0.1) is 31.8 Å². The monoisotopic (exact) mass is 530 g/mol. The molecule has 0 aliphatic carbocycles. The number of halogens is 1. The summed E-state index contributed by atoms with van der Waals surface area (Å²) in [5, 5.41) is 0.669. The molecular formula is C27H31ClN2O5S. The standard InChI is InChI=1S/C27H31ClN2O5S/c1-33-24-9-4-7-22(17-24)27(35-20-21-6-3-8-23(28)16-21)19-29-12-14-30(15-13-29)36(31,32)26-11-5-10-25(18-26)34-2/h3-11,16-18,27H,12-15,19-20H2,1-2H3. The first-order chi connectivity index (χ1) is 17.4. The van der Waals surface area contributed by atoms with Gasteiger partial charge in [0.25, 0.3) is 0 Å². The van der Waals surface area contributed by atoms with Crippen molar-refractivity contribution in [3.8, 4) is 11.5 Å². The summed E-state index contributed by atoms with van der Waals surface area (Å²) in [6, 6.07) is 22.1. The van der Waals surface area contributed by atoms with Gasteiger partial charge in [-0.2, -0.15) is 4.31 Å². The molecule has 0 N–H and O–H groups in total. The molecule has 0 bridgehead atoms. The second-order valence-electron chi connectivity index (χ2n) is 8.59. The molecule has 0 saturated carbocycles. The SMILES string of the molecule is COc1cccc(C(CN2CCN(S(=O)(=O)c3cccc(OC)c3)CC2)OCc2cccc(Cl)c2)c1. The number of hydrogen-bond donors (Lipinski definition) is 0. The molecule has 1 aliphatic heterocycles. The summed E-state index contributed by atoms with van der Waals surface area (Å²) in [6.07, 6.45) is -0.222. The third-order valence-corrected chi connectivity index (χ3v) is 8.37. The van der Waals surface area contributed by atoms with Gasteiger partial charge in [-0.25, -0.2) is 8.42 Å². The Bertz CT molecular complexity index is 1260. The van der Waals surface area contributed by atoms with E-state index < -0.39 is 10.0 Å². The lowest BCUT2D eigenvalue weighted by atomic mass is 10.1. The van der Waals surface area contributed by atoms with Crippen LogP contribution in [0.15, 0.2) is 77.7 Å². The van der Waals surface area contributed by atoms with E-state index in [0.717, 1.165) is 16.9 Å². The van der Waals surface area contributed by atoms with Gasteiger partial charge in [0, 0.05) is 43.8 Å². The van der Waals surface area contributed by atoms with E-state index in [1.807, 2.05) is 48.5 Å². The van der Waals surface area contributed by atoms with Crippen LogP contribution in [0.5, 0.6) is 11.5 Å². The summed E-state index contributed by atoms with van der Waals surface area (Å²) in [4.78, 5) is 2.48. The van der Waals surface area contributed by atoms with E-state index >= 15 is 0 Å². The highest BCUT2D eigenvalue weighted by Crippen LogP contribution is 2.27. The molecule has 4 rings (SSSR count). The molecule has 0 radical (unpaired) electrons. The topological polar surface area (TPSA) is 68.3 Å². The highest BCUT2D eigenvalue weighted by atomic mass is 35.5. The number of rotatable bonds is 10. The Morgan fingerprint density at radius 2 is 1.53 bits per heavy atom. The normalized spacial score (nSPS) is 16.0. The molecule has 9 heteroatoms. The molecule has 1 unspecified atom stereocenters. The van der Waals surface area contributed by atoms with E-state index in [1.54, 1.807) is 31.4 Å². The third kappa shape index (κ3) is 6.57. The van der Waals surface area contributed by atoms with Crippen molar-refractivity contribution in [1.82, 2.24) is 9.21 Å². The Hall–Kier alpha value is -2.62. The fourth-order valence-electron chi connectivity index (χ4n) is 4.22. The maximum atomic E-state index is 13.2. The van der Waals surface area contributed by atoms with Gasteiger partial charge >= 0.3 is 0 Å². The molecule has 3 aromatic rings. The zero-order valence-corrected chi connectivity index (χ0v) is 22.0. The molecule has 1 fully saturated rings. The molecule has 0 aromatic heterocycles. The van der Waals surface area contributed by atoms with Crippen molar-refractivity contribution in [2.24, 2.45) is 0 Å². The second-order valence-corrected chi connectivity index (χ2v) is 11.0. The van der Waals surface area contributed by atoms with Crippen LogP contribution in [0.4, 0.5) is 0 Å². The second kappa shape index (κ2) is 12.1. The highest BCUT2D eigenvalue weighted by Gasteiger charge is 2.30. The van der Waals surface area contributed by atoms with E-state index in [9.17, 15) is 8.42 Å². The van der Waals surface area contributed by atoms with Crippen molar-refractivity contribution in [3.05, 3.63) is 88.9 Å². The molecule has 36 heavy (non-hydrogen) atoms. The number of ether oxygens (including phenoxy) is 3. The highest BCUT2D eigenvalue weighted by molar-refractivity contribution is 7.89. The van der Waals surface area contributed by atoms with Crippen molar-refractivity contribution >= 4 is 21.6 Å². The van der Waals surface area contributed by atoms with Crippen LogP contribution in [0, 0.1) is 0 Å². The lowest BCUT2D eigenvalue weighted by Crippen LogP contribution is -2.49. The van der Waals surface area contributed by atoms with Crippen molar-refractivity contribution in [1.29, 1.82) is 0 Å². The zero-order chi connectivity index (χ0) is 25.5. The lowest BCUT2D eigenvalue weighted by molar-refractivity contribution is 0.00763. The zero-order valence-electron chi connectivity index (χ0n) is 20.5. The van der Waals surface area contributed by atoms with Gasteiger partial charge < -0.3 is 14.2 Å². The minimum atomic E-state index is -3.59. The fraction of sp³-hybridized carbons (Fsp3) is 0.333. The molecule has 0 amide bonds. The molecule has 7 nitrogen and oxygen atoms in total. The van der Waals surface area contributed by atoms with E-state index in [0.29, 0.717) is 50.1 Å². The Morgan fingerprint density at radius 1 is 0.861 bits per heavy atom. The maximum absolute atomic E-state index is 13.2. The van der Waals surface area contributed by atoms with Gasteiger partial charge in [0.15, 0.2) is 0 Å². The molecule has 1 aliphatic rings. The number of piperazine rings is 1. The average Bonchev–Trinajstić information content (AvgIpc) is 2.91. The Morgan fingerprint density at radius 3 is 2.22 bits per heavy atom. The minimum Gasteiger partial charge on any atom is -0.497 e. The molecule has 1 saturated heterocycles. The Kier molecular flexibility index (Phi) is 8.87. The van der Waals surface area contributed by atoms with E-state index in [2.05, 4.69) is 4.90 Å². The number of methoxy groups -OCH3 is 2. The quantitative estimate of drug-likeness (QED) is 0.381. The first kappa shape index (κ1) is 26.4. The minimum absolute atomic E-state index is 0.222. The van der Waals surface area contributed by atoms with Crippen LogP contribution in [0.1, 0.15) is 17.2 Å². The lowest BCUT2D eigenvalue weighted by Gasteiger charge is -2.36. The smallest absolute Gasteiger partial charge is 0.243 e. The van der Waals surface area contributed by atoms with Crippen molar-refractivity contribution in [3.63, 3.8) is 0 Å². The van der Waals surface area contributed by atoms with Crippen molar-refractivity contribution < 1.29 is 22.6 Å². The van der Waals surface area contributed by atoms with Gasteiger partial charge in [-0.3, -0.25) is 4.90 Å². The number of benzene rings is 3. The van der Waals surface area contributed by atoms with Crippen LogP contribution in [-0.2, 0) is 21.4 Å². The largest absolute Gasteiger partial charge is 0.497 e. The van der Waals surface area contributed by atoms with Gasteiger partial charge in [0.2, 0.25) is 10.0 Å². The number of sulfonamides is 1. The van der Waals surface area contributed by atoms with Crippen LogP contribution < -0.4 is 9.47 Å². The molecule has 192 valence electrons. The van der Waals surface area contributed by atoms with Gasteiger partial charge in [-0.15, -0.1) is 0 Å². The summed E-state index contributed by atoms with van der Waals surface area (Å²) in [5.74, 6) is 1.28. The predicted octanol–water partition coefficient (Wildman–Crippen LogP) is 4.62. The maximum Gasteiger partial charge on any atom is 0.243 e. The molecule has 1 heterocycles. The van der Waals surface area contributed by atoms with Gasteiger partial charge in [-0.05, 0) is 47.5 Å². The average molecular weight is 531 g/mol. The van der Waals surface area contributed by atoms with Crippen LogP contribution in [0.25, 0.3) is 0 Å². The summed E-state index contributed by atoms with van der Waals surface area (Å²) in [6.45, 7) is 3.04. The number of nitrogens with zero attached hydrogens (tertiary/aromatic N) is 2. The summed E-state index contributed by atoms with van der Waals surface area (Å²) in [7, 11) is -0.424. The van der Waals surface area contributed by atoms with E-state index in [1.165, 1.54) is 11.4 Å². The Labute approximate surface area is 218 Å². The van der Waals surface area contributed by atoms with Crippen LogP contribution >= 0.6 is 11.6 Å². The number of hydrogen-bond acceptors (Lipinski definition) is 6. The molecule has 1 atom stereocenters. The fourth-order valence-corrected chi connectivity index (χ4v) is 5.89. The third-order valence-electron chi connectivity index (χ3n) is 6.24. The summed E-state index contributed by atoms with van der Waals surface area (Å²) >= 11 is 6.14. The van der Waals surface area contributed by atoms with Crippen LogP contribution in [-0.4, -0.2) is 64.6 Å². The summed E-state index contributed by atoms with van der Waals surface area (Å²) < 4.78 is 44.8. The van der Waals surface area contributed by atoms with Crippen molar-refractivity contribution in [2.45, 2.75) is 17.6 Å². The van der Waals surface area contributed by atoms with E-state index in [-0.39, 0.29) is 11.0 Å². The van der Waals surface area contributed by atoms with Crippen LogP contribution in [0.2, 0.25) is 5.02 Å². The van der Waals surface area contributed by atoms with Gasteiger partial charge in [-0.1, -0.05) is 41.9 Å². The molecular weight excluding hydrogens is 500 g/mol. The first-order valence-electron chi connectivity index (χ1n) is 11.8. The first-order valence-corrected chi connectivity index (χ1v) is 13.6. The Balaban J connectivity index is 1.44. The summed E-state index contributed by atoms with van der Waals surface area (Å²) in [5.41, 5.74) is 1.99. The van der Waals surface area contributed by atoms with Gasteiger partial charge in [0.1, 0.15) is 11.5 Å². The van der Waals surface area contributed by atoms with E-state index in [4.69, 9.17) is 25.8 Å². The predicted molar refractivity (Wildman–Crippen MR) is 140 cm³/mol.